The molecule has 1 aliphatic heterocycles. The van der Waals surface area contributed by atoms with Gasteiger partial charge in [-0.25, -0.2) is 4.90 Å². The molecular weight excluding hydrogens is 420 g/mol. The minimum Gasteiger partial charge on any atom is -0.350 e. The van der Waals surface area contributed by atoms with Gasteiger partial charge in [-0.1, -0.05) is 60.5 Å². The zero-order valence-corrected chi connectivity index (χ0v) is 19.4. The van der Waals surface area contributed by atoms with E-state index in [1.807, 2.05) is 75.4 Å². The summed E-state index contributed by atoms with van der Waals surface area (Å²) < 4.78 is 0. The predicted molar refractivity (Wildman–Crippen MR) is 131 cm³/mol. The number of nitrogens with zero attached hydrogens (tertiary/aromatic N) is 1. The number of benzene rings is 3. The number of nitrogens with one attached hydrogen (secondary N) is 1. The van der Waals surface area contributed by atoms with E-state index in [2.05, 4.69) is 12.2 Å². The summed E-state index contributed by atoms with van der Waals surface area (Å²) in [5.74, 6) is -0.720. The van der Waals surface area contributed by atoms with Crippen LogP contribution < -0.4 is 10.2 Å². The van der Waals surface area contributed by atoms with Crippen molar-refractivity contribution in [3.05, 3.63) is 99.2 Å². The lowest BCUT2D eigenvalue weighted by Gasteiger charge is -2.16. The van der Waals surface area contributed by atoms with Crippen LogP contribution in [0.15, 0.2) is 66.4 Å². The number of amides is 2. The minimum absolute atomic E-state index is 0.256. The van der Waals surface area contributed by atoms with Gasteiger partial charge in [0, 0.05) is 10.7 Å². The second kappa shape index (κ2) is 8.64. The summed E-state index contributed by atoms with van der Waals surface area (Å²) in [7, 11) is 0. The maximum absolute atomic E-state index is 13.6. The Kier molecular flexibility index (Phi) is 5.90. The van der Waals surface area contributed by atoms with Crippen molar-refractivity contribution in [3.63, 3.8) is 0 Å². The number of hydrogen-bond donors (Lipinski definition) is 1. The number of aryl methyl sites for hydroxylation is 3. The molecule has 32 heavy (non-hydrogen) atoms. The van der Waals surface area contributed by atoms with Crippen molar-refractivity contribution in [3.8, 4) is 0 Å². The van der Waals surface area contributed by atoms with Crippen LogP contribution >= 0.6 is 11.6 Å². The Hall–Kier alpha value is -3.37. The van der Waals surface area contributed by atoms with E-state index < -0.39 is 0 Å². The fourth-order valence-electron chi connectivity index (χ4n) is 3.98. The molecule has 0 fully saturated rings. The van der Waals surface area contributed by atoms with Gasteiger partial charge in [-0.15, -0.1) is 0 Å². The standard InChI is InChI=1S/C27H25ClN2O2/c1-5-19-10-12-20(13-11-19)30-26(31)24(21-14-9-16(2)15-17(21)3)25(27(30)32)29-23-8-6-7-22(28)18(23)4/h6-15,29H,5H2,1-4H3. The van der Waals surface area contributed by atoms with E-state index in [4.69, 9.17) is 11.6 Å². The number of anilines is 2. The van der Waals surface area contributed by atoms with E-state index in [9.17, 15) is 9.59 Å². The van der Waals surface area contributed by atoms with Crippen molar-refractivity contribution in [1.29, 1.82) is 0 Å². The van der Waals surface area contributed by atoms with Crippen LogP contribution in [0.25, 0.3) is 5.57 Å². The quantitative estimate of drug-likeness (QED) is 0.475. The van der Waals surface area contributed by atoms with Crippen molar-refractivity contribution in [1.82, 2.24) is 0 Å². The first-order chi connectivity index (χ1) is 15.3. The Morgan fingerprint density at radius 1 is 0.906 bits per heavy atom. The highest BCUT2D eigenvalue weighted by molar-refractivity contribution is 6.46. The van der Waals surface area contributed by atoms with Crippen molar-refractivity contribution in [2.75, 3.05) is 10.2 Å². The molecule has 4 rings (SSSR count). The van der Waals surface area contributed by atoms with E-state index >= 15 is 0 Å². The Morgan fingerprint density at radius 3 is 2.28 bits per heavy atom. The average molecular weight is 445 g/mol. The number of hydrogen-bond acceptors (Lipinski definition) is 3. The van der Waals surface area contributed by atoms with Gasteiger partial charge in [0.1, 0.15) is 5.70 Å². The maximum Gasteiger partial charge on any atom is 0.282 e. The van der Waals surface area contributed by atoms with E-state index in [0.29, 0.717) is 22.0 Å². The molecule has 0 saturated carbocycles. The molecule has 3 aromatic rings. The molecular formula is C27H25ClN2O2. The molecule has 0 saturated heterocycles. The van der Waals surface area contributed by atoms with E-state index in [-0.39, 0.29) is 17.5 Å². The molecule has 0 radical (unpaired) electrons. The molecule has 0 aromatic heterocycles. The topological polar surface area (TPSA) is 49.4 Å². The molecule has 0 spiro atoms. The van der Waals surface area contributed by atoms with Gasteiger partial charge < -0.3 is 5.32 Å². The first kappa shape index (κ1) is 21.8. The molecule has 0 unspecified atom stereocenters. The lowest BCUT2D eigenvalue weighted by Crippen LogP contribution is -2.32. The van der Waals surface area contributed by atoms with E-state index in [0.717, 1.165) is 34.2 Å². The molecule has 162 valence electrons. The first-order valence-corrected chi connectivity index (χ1v) is 11.0. The van der Waals surface area contributed by atoms with Crippen LogP contribution in [0, 0.1) is 20.8 Å². The molecule has 3 aromatic carbocycles. The highest BCUT2D eigenvalue weighted by Gasteiger charge is 2.40. The highest BCUT2D eigenvalue weighted by atomic mass is 35.5. The fraction of sp³-hybridized carbons (Fsp3) is 0.185. The van der Waals surface area contributed by atoms with Crippen LogP contribution in [0.5, 0.6) is 0 Å². The zero-order valence-electron chi connectivity index (χ0n) is 18.6. The minimum atomic E-state index is -0.381. The lowest BCUT2D eigenvalue weighted by molar-refractivity contribution is -0.120. The highest BCUT2D eigenvalue weighted by Crippen LogP contribution is 2.36. The third-order valence-corrected chi connectivity index (χ3v) is 6.27. The van der Waals surface area contributed by atoms with Gasteiger partial charge in [0.15, 0.2) is 0 Å². The van der Waals surface area contributed by atoms with E-state index in [1.54, 1.807) is 6.07 Å². The normalized spacial score (nSPS) is 13.8. The Morgan fingerprint density at radius 2 is 1.62 bits per heavy atom. The van der Waals surface area contributed by atoms with Gasteiger partial charge in [-0.3, -0.25) is 9.59 Å². The molecule has 1 N–H and O–H groups in total. The molecule has 1 heterocycles. The van der Waals surface area contributed by atoms with Crippen LogP contribution in [0.1, 0.15) is 34.7 Å². The summed E-state index contributed by atoms with van der Waals surface area (Å²) in [6, 6.07) is 18.9. The van der Waals surface area contributed by atoms with Gasteiger partial charge in [-0.05, 0) is 73.7 Å². The van der Waals surface area contributed by atoms with Crippen molar-refractivity contribution in [2.45, 2.75) is 34.1 Å². The second-order valence-corrected chi connectivity index (χ2v) is 8.48. The summed E-state index contributed by atoms with van der Waals surface area (Å²) in [5, 5.41) is 3.82. The SMILES string of the molecule is CCc1ccc(N2C(=O)C(Nc3cccc(Cl)c3C)=C(c3ccc(C)cc3C)C2=O)cc1. The fourth-order valence-corrected chi connectivity index (χ4v) is 4.16. The van der Waals surface area contributed by atoms with Crippen LogP contribution in [0.2, 0.25) is 5.02 Å². The van der Waals surface area contributed by atoms with E-state index in [1.165, 1.54) is 4.90 Å². The lowest BCUT2D eigenvalue weighted by atomic mass is 9.97. The summed E-state index contributed by atoms with van der Waals surface area (Å²) in [6.45, 7) is 7.90. The van der Waals surface area contributed by atoms with Gasteiger partial charge in [0.05, 0.1) is 11.3 Å². The first-order valence-electron chi connectivity index (χ1n) is 10.6. The van der Waals surface area contributed by atoms with Crippen LogP contribution in [-0.2, 0) is 16.0 Å². The summed E-state index contributed by atoms with van der Waals surface area (Å²) in [4.78, 5) is 28.5. The third kappa shape index (κ3) is 3.82. The molecule has 0 aliphatic carbocycles. The second-order valence-electron chi connectivity index (χ2n) is 8.07. The van der Waals surface area contributed by atoms with Gasteiger partial charge in [-0.2, -0.15) is 0 Å². The van der Waals surface area contributed by atoms with Crippen molar-refractivity contribution >= 4 is 40.4 Å². The third-order valence-electron chi connectivity index (χ3n) is 5.87. The number of halogens is 1. The van der Waals surface area contributed by atoms with Gasteiger partial charge in [0.2, 0.25) is 0 Å². The van der Waals surface area contributed by atoms with Gasteiger partial charge >= 0.3 is 0 Å². The number of carbonyl (C=O) groups is 2. The van der Waals surface area contributed by atoms with Crippen LogP contribution in [0.4, 0.5) is 11.4 Å². The average Bonchev–Trinajstić information content (AvgIpc) is 3.01. The maximum atomic E-state index is 13.6. The summed E-state index contributed by atoms with van der Waals surface area (Å²) in [5.41, 5.74) is 6.60. The molecule has 4 nitrogen and oxygen atoms in total. The largest absolute Gasteiger partial charge is 0.350 e. The molecule has 0 bridgehead atoms. The molecule has 2 amide bonds. The van der Waals surface area contributed by atoms with Gasteiger partial charge in [0.25, 0.3) is 11.8 Å². The Labute approximate surface area is 193 Å². The molecule has 1 aliphatic rings. The Bertz CT molecular complexity index is 1260. The molecule has 0 atom stereocenters. The number of imide groups is 1. The smallest absolute Gasteiger partial charge is 0.282 e. The zero-order chi connectivity index (χ0) is 23.0. The summed E-state index contributed by atoms with van der Waals surface area (Å²) >= 11 is 6.30. The number of carbonyl (C=O) groups excluding carboxylic acids is 2. The summed E-state index contributed by atoms with van der Waals surface area (Å²) in [6.07, 6.45) is 0.884. The van der Waals surface area contributed by atoms with Crippen molar-refractivity contribution in [2.24, 2.45) is 0 Å². The van der Waals surface area contributed by atoms with Crippen molar-refractivity contribution < 1.29 is 9.59 Å². The van der Waals surface area contributed by atoms with Crippen LogP contribution in [0.3, 0.4) is 0 Å². The van der Waals surface area contributed by atoms with Crippen LogP contribution in [-0.4, -0.2) is 11.8 Å². The number of rotatable bonds is 5. The predicted octanol–water partition coefficient (Wildman–Crippen LogP) is 6.22. The Balaban J connectivity index is 1.86. The monoisotopic (exact) mass is 444 g/mol. The molecule has 5 heteroatoms.